The van der Waals surface area contributed by atoms with Gasteiger partial charge in [-0.25, -0.2) is 9.37 Å². The van der Waals surface area contributed by atoms with Crippen LogP contribution >= 0.6 is 11.3 Å². The van der Waals surface area contributed by atoms with Crippen molar-refractivity contribution >= 4 is 22.4 Å². The third-order valence-corrected chi connectivity index (χ3v) is 5.46. The Hall–Kier alpha value is -3.52. The fourth-order valence-corrected chi connectivity index (χ4v) is 3.93. The molecule has 8 heteroatoms. The Kier molecular flexibility index (Phi) is 5.58. The summed E-state index contributed by atoms with van der Waals surface area (Å²) in [5, 5.41) is 7.26. The van der Waals surface area contributed by atoms with Gasteiger partial charge in [0.05, 0.1) is 7.11 Å². The van der Waals surface area contributed by atoms with Gasteiger partial charge in [0, 0.05) is 23.1 Å². The molecule has 0 radical (unpaired) electrons. The lowest BCUT2D eigenvalue weighted by atomic mass is 10.0. The molecule has 0 saturated heterocycles. The number of halogens is 1. The average Bonchev–Trinajstić information content (AvgIpc) is 3.35. The van der Waals surface area contributed by atoms with Crippen molar-refractivity contribution in [2.75, 3.05) is 12.4 Å². The standard InChI is InChI=1S/C22H18FN3O3S/c1-13-19(20(26-29-13)16-8-4-6-10-18(16)28-2)21(27)25-22-24-12-15(30-22)11-14-7-3-5-9-17(14)23/h3-10,12H,11H2,1-2H3,(H,24,25,27). The van der Waals surface area contributed by atoms with Crippen molar-refractivity contribution < 1.29 is 18.4 Å². The van der Waals surface area contributed by atoms with Gasteiger partial charge in [0.25, 0.3) is 5.91 Å². The zero-order valence-electron chi connectivity index (χ0n) is 16.3. The van der Waals surface area contributed by atoms with Crippen LogP contribution in [0.5, 0.6) is 5.75 Å². The number of nitrogens with zero attached hydrogens (tertiary/aromatic N) is 2. The highest BCUT2D eigenvalue weighted by Gasteiger charge is 2.24. The summed E-state index contributed by atoms with van der Waals surface area (Å²) in [6.45, 7) is 1.67. The van der Waals surface area contributed by atoms with Crippen LogP contribution in [0.1, 0.15) is 26.6 Å². The zero-order chi connectivity index (χ0) is 21.1. The van der Waals surface area contributed by atoms with Gasteiger partial charge in [0.2, 0.25) is 0 Å². The second-order valence-electron chi connectivity index (χ2n) is 6.52. The highest BCUT2D eigenvalue weighted by Crippen LogP contribution is 2.33. The summed E-state index contributed by atoms with van der Waals surface area (Å²) < 4.78 is 24.5. The minimum atomic E-state index is -0.388. The Morgan fingerprint density at radius 1 is 1.20 bits per heavy atom. The number of ether oxygens (including phenoxy) is 1. The molecule has 0 saturated carbocycles. The van der Waals surface area contributed by atoms with Crippen molar-refractivity contribution in [3.8, 4) is 17.0 Å². The van der Waals surface area contributed by atoms with Crippen LogP contribution in [-0.4, -0.2) is 23.2 Å². The highest BCUT2D eigenvalue weighted by atomic mass is 32.1. The van der Waals surface area contributed by atoms with Gasteiger partial charge in [-0.05, 0) is 30.7 Å². The first-order valence-corrected chi connectivity index (χ1v) is 9.97. The molecule has 1 amide bonds. The molecule has 0 aliphatic rings. The lowest BCUT2D eigenvalue weighted by Crippen LogP contribution is -2.13. The van der Waals surface area contributed by atoms with Crippen LogP contribution < -0.4 is 10.1 Å². The first kappa shape index (κ1) is 19.8. The van der Waals surface area contributed by atoms with E-state index in [0.29, 0.717) is 45.4 Å². The van der Waals surface area contributed by atoms with Gasteiger partial charge in [0.15, 0.2) is 5.13 Å². The molecule has 6 nitrogen and oxygen atoms in total. The molecule has 1 N–H and O–H groups in total. The number of carbonyl (C=O) groups is 1. The maximum absolute atomic E-state index is 13.9. The van der Waals surface area contributed by atoms with E-state index in [2.05, 4.69) is 15.5 Å². The van der Waals surface area contributed by atoms with Gasteiger partial charge in [-0.3, -0.25) is 10.1 Å². The fraction of sp³-hybridized carbons (Fsp3) is 0.136. The van der Waals surface area contributed by atoms with E-state index in [0.717, 1.165) is 4.88 Å². The predicted molar refractivity (Wildman–Crippen MR) is 113 cm³/mol. The van der Waals surface area contributed by atoms with Gasteiger partial charge in [-0.1, -0.05) is 35.5 Å². The maximum Gasteiger partial charge on any atom is 0.263 e. The Bertz CT molecular complexity index is 1200. The van der Waals surface area contributed by atoms with Crippen LogP contribution in [0.2, 0.25) is 0 Å². The number of carbonyl (C=O) groups excluding carboxylic acids is 1. The summed E-state index contributed by atoms with van der Waals surface area (Å²) >= 11 is 1.29. The van der Waals surface area contributed by atoms with E-state index >= 15 is 0 Å². The molecule has 2 heterocycles. The lowest BCUT2D eigenvalue weighted by molar-refractivity contribution is 0.102. The molecule has 0 spiro atoms. The molecule has 0 fully saturated rings. The van der Waals surface area contributed by atoms with E-state index in [1.165, 1.54) is 17.4 Å². The van der Waals surface area contributed by atoms with E-state index in [4.69, 9.17) is 9.26 Å². The normalized spacial score (nSPS) is 10.8. The summed E-state index contributed by atoms with van der Waals surface area (Å²) in [4.78, 5) is 18.0. The molecule has 2 aromatic carbocycles. The Morgan fingerprint density at radius 3 is 2.77 bits per heavy atom. The van der Waals surface area contributed by atoms with Crippen molar-refractivity contribution in [1.82, 2.24) is 10.1 Å². The Balaban J connectivity index is 1.56. The number of nitrogens with one attached hydrogen (secondary N) is 1. The second-order valence-corrected chi connectivity index (χ2v) is 7.63. The molecule has 2 aromatic heterocycles. The predicted octanol–water partition coefficient (Wildman–Crippen LogP) is 5.10. The van der Waals surface area contributed by atoms with Gasteiger partial charge in [0.1, 0.15) is 28.6 Å². The third kappa shape index (κ3) is 3.95. The second kappa shape index (κ2) is 8.46. The van der Waals surface area contributed by atoms with E-state index in [9.17, 15) is 9.18 Å². The van der Waals surface area contributed by atoms with Crippen LogP contribution in [0.15, 0.2) is 59.3 Å². The number of aromatic nitrogens is 2. The van der Waals surface area contributed by atoms with Crippen molar-refractivity contribution in [3.63, 3.8) is 0 Å². The minimum Gasteiger partial charge on any atom is -0.496 e. The quantitative estimate of drug-likeness (QED) is 0.467. The molecule has 0 aliphatic carbocycles. The van der Waals surface area contributed by atoms with Gasteiger partial charge >= 0.3 is 0 Å². The number of benzene rings is 2. The van der Waals surface area contributed by atoms with Crippen molar-refractivity contribution in [2.45, 2.75) is 13.3 Å². The monoisotopic (exact) mass is 423 g/mol. The number of methoxy groups -OCH3 is 1. The lowest BCUT2D eigenvalue weighted by Gasteiger charge is -2.07. The van der Waals surface area contributed by atoms with E-state index in [1.807, 2.05) is 18.2 Å². The van der Waals surface area contributed by atoms with E-state index < -0.39 is 0 Å². The van der Waals surface area contributed by atoms with Crippen molar-refractivity contribution in [2.24, 2.45) is 0 Å². The van der Waals surface area contributed by atoms with E-state index in [1.54, 1.807) is 44.5 Å². The molecule has 0 unspecified atom stereocenters. The summed E-state index contributed by atoms with van der Waals surface area (Å²) in [5.41, 5.74) is 1.93. The fourth-order valence-electron chi connectivity index (χ4n) is 3.10. The van der Waals surface area contributed by atoms with Crippen LogP contribution in [0.3, 0.4) is 0 Å². The van der Waals surface area contributed by atoms with Gasteiger partial charge in [-0.2, -0.15) is 0 Å². The van der Waals surface area contributed by atoms with Gasteiger partial charge < -0.3 is 9.26 Å². The minimum absolute atomic E-state index is 0.266. The highest BCUT2D eigenvalue weighted by molar-refractivity contribution is 7.15. The molecule has 0 bridgehead atoms. The zero-order valence-corrected chi connectivity index (χ0v) is 17.1. The number of rotatable bonds is 6. The largest absolute Gasteiger partial charge is 0.496 e. The number of thiazole rings is 1. The SMILES string of the molecule is COc1ccccc1-c1noc(C)c1C(=O)Nc1ncc(Cc2ccccc2F)s1. The molecule has 0 aliphatic heterocycles. The maximum atomic E-state index is 13.9. The Labute approximate surface area is 176 Å². The number of amides is 1. The summed E-state index contributed by atoms with van der Waals surface area (Å²) in [5.74, 6) is 0.317. The molecule has 30 heavy (non-hydrogen) atoms. The number of para-hydroxylation sites is 1. The van der Waals surface area contributed by atoms with Gasteiger partial charge in [-0.15, -0.1) is 11.3 Å². The van der Waals surface area contributed by atoms with Crippen LogP contribution in [-0.2, 0) is 6.42 Å². The Morgan fingerprint density at radius 2 is 1.97 bits per heavy atom. The summed E-state index contributed by atoms with van der Waals surface area (Å²) in [7, 11) is 1.55. The first-order chi connectivity index (χ1) is 14.6. The van der Waals surface area contributed by atoms with E-state index in [-0.39, 0.29) is 11.7 Å². The van der Waals surface area contributed by atoms with Crippen LogP contribution in [0, 0.1) is 12.7 Å². The number of hydrogen-bond acceptors (Lipinski definition) is 6. The first-order valence-electron chi connectivity index (χ1n) is 9.16. The summed E-state index contributed by atoms with van der Waals surface area (Å²) in [6.07, 6.45) is 2.04. The summed E-state index contributed by atoms with van der Waals surface area (Å²) in [6, 6.07) is 13.9. The smallest absolute Gasteiger partial charge is 0.263 e. The number of anilines is 1. The number of aryl methyl sites for hydroxylation is 1. The number of hydrogen-bond donors (Lipinski definition) is 1. The third-order valence-electron chi connectivity index (χ3n) is 4.55. The average molecular weight is 423 g/mol. The topological polar surface area (TPSA) is 77.2 Å². The van der Waals surface area contributed by atoms with Crippen molar-refractivity contribution in [3.05, 3.63) is 82.3 Å². The molecule has 0 atom stereocenters. The van der Waals surface area contributed by atoms with Crippen molar-refractivity contribution in [1.29, 1.82) is 0 Å². The molecule has 4 aromatic rings. The molecular formula is C22H18FN3O3S. The molecular weight excluding hydrogens is 405 g/mol. The van der Waals surface area contributed by atoms with Crippen LogP contribution in [0.4, 0.5) is 9.52 Å². The molecule has 4 rings (SSSR count). The molecule has 152 valence electrons. The van der Waals surface area contributed by atoms with Crippen LogP contribution in [0.25, 0.3) is 11.3 Å².